The van der Waals surface area contributed by atoms with Crippen molar-refractivity contribution < 1.29 is 14.0 Å². The minimum absolute atomic E-state index is 0.265. The summed E-state index contributed by atoms with van der Waals surface area (Å²) in [7, 11) is 0. The maximum atomic E-state index is 12.9. The van der Waals surface area contributed by atoms with Crippen molar-refractivity contribution in [1.29, 1.82) is 0 Å². The van der Waals surface area contributed by atoms with Gasteiger partial charge in [0.05, 0.1) is 6.54 Å². The highest BCUT2D eigenvalue weighted by Gasteiger charge is 2.14. The van der Waals surface area contributed by atoms with Gasteiger partial charge in [-0.25, -0.2) is 4.39 Å². The minimum Gasteiger partial charge on any atom is -0.356 e. The van der Waals surface area contributed by atoms with Gasteiger partial charge in [0.15, 0.2) is 5.78 Å². The van der Waals surface area contributed by atoms with Crippen LogP contribution in [-0.4, -0.2) is 16.7 Å². The molecule has 0 spiro atoms. The Morgan fingerprint density at radius 3 is 2.61 bits per heavy atom. The number of hydrogen-bond acceptors (Lipinski definition) is 3. The molecule has 0 saturated carbocycles. The molecule has 0 aliphatic carbocycles. The van der Waals surface area contributed by atoms with Crippen molar-refractivity contribution in [3.8, 4) is 0 Å². The van der Waals surface area contributed by atoms with Crippen LogP contribution in [-0.2, 0) is 6.54 Å². The van der Waals surface area contributed by atoms with E-state index in [2.05, 4.69) is 10.3 Å². The molecule has 4 nitrogen and oxygen atoms in total. The number of ketones is 1. The molecule has 0 radical (unpaired) electrons. The molecule has 0 saturated heterocycles. The van der Waals surface area contributed by atoms with Gasteiger partial charge in [-0.2, -0.15) is 0 Å². The number of amides is 1. The Bertz CT molecular complexity index is 823. The number of H-pyrrole nitrogens is 1. The Balaban J connectivity index is 1.68. The molecule has 3 aromatic rings. The molecule has 0 aliphatic rings. The number of halogens is 1. The van der Waals surface area contributed by atoms with Crippen LogP contribution in [0.25, 0.3) is 0 Å². The molecule has 1 amide bonds. The molecule has 2 heterocycles. The van der Waals surface area contributed by atoms with Gasteiger partial charge in [-0.05, 0) is 41.8 Å². The Hall–Kier alpha value is -2.73. The number of carbonyl (C=O) groups is 2. The summed E-state index contributed by atoms with van der Waals surface area (Å²) < 4.78 is 12.9. The molecule has 1 aromatic carbocycles. The topological polar surface area (TPSA) is 62.0 Å². The van der Waals surface area contributed by atoms with E-state index in [9.17, 15) is 14.0 Å². The monoisotopic (exact) mass is 328 g/mol. The molecule has 0 aliphatic heterocycles. The van der Waals surface area contributed by atoms with Gasteiger partial charge in [-0.15, -0.1) is 11.3 Å². The van der Waals surface area contributed by atoms with Crippen LogP contribution in [0.3, 0.4) is 0 Å². The van der Waals surface area contributed by atoms with Crippen molar-refractivity contribution in [1.82, 2.24) is 10.3 Å². The fraction of sp³-hybridized carbons (Fsp3) is 0.0588. The molecule has 3 rings (SSSR count). The predicted molar refractivity (Wildman–Crippen MR) is 86.1 cm³/mol. The number of nitrogens with one attached hydrogen (secondary N) is 2. The zero-order valence-electron chi connectivity index (χ0n) is 12.0. The summed E-state index contributed by atoms with van der Waals surface area (Å²) in [4.78, 5) is 28.2. The van der Waals surface area contributed by atoms with Gasteiger partial charge in [-0.1, -0.05) is 6.07 Å². The second kappa shape index (κ2) is 6.58. The van der Waals surface area contributed by atoms with Crippen molar-refractivity contribution in [3.05, 3.63) is 81.6 Å². The van der Waals surface area contributed by atoms with Crippen LogP contribution in [0.4, 0.5) is 4.39 Å². The lowest BCUT2D eigenvalue weighted by Gasteiger charge is -2.01. The maximum absolute atomic E-state index is 12.9. The van der Waals surface area contributed by atoms with E-state index in [0.717, 1.165) is 4.88 Å². The van der Waals surface area contributed by atoms with Crippen molar-refractivity contribution in [3.63, 3.8) is 0 Å². The largest absolute Gasteiger partial charge is 0.356 e. The summed E-state index contributed by atoms with van der Waals surface area (Å²) in [6, 6.07) is 10.6. The highest BCUT2D eigenvalue weighted by molar-refractivity contribution is 7.09. The van der Waals surface area contributed by atoms with Gasteiger partial charge < -0.3 is 10.3 Å². The molecule has 116 valence electrons. The van der Waals surface area contributed by atoms with E-state index >= 15 is 0 Å². The first-order valence-corrected chi connectivity index (χ1v) is 7.81. The lowest BCUT2D eigenvalue weighted by molar-refractivity contribution is 0.0946. The van der Waals surface area contributed by atoms with E-state index in [1.165, 1.54) is 36.5 Å². The fourth-order valence-corrected chi connectivity index (χ4v) is 2.74. The minimum atomic E-state index is -0.399. The summed E-state index contributed by atoms with van der Waals surface area (Å²) in [5.74, 6) is -0.945. The van der Waals surface area contributed by atoms with Crippen LogP contribution >= 0.6 is 11.3 Å². The molecule has 0 fully saturated rings. The number of aromatic amines is 1. The number of thiophene rings is 1. The van der Waals surface area contributed by atoms with E-state index in [0.29, 0.717) is 23.4 Å². The summed E-state index contributed by atoms with van der Waals surface area (Å²) in [5, 5.41) is 4.72. The van der Waals surface area contributed by atoms with Gasteiger partial charge >= 0.3 is 0 Å². The van der Waals surface area contributed by atoms with Gasteiger partial charge in [0.25, 0.3) is 5.91 Å². The smallest absolute Gasteiger partial charge is 0.268 e. The zero-order valence-corrected chi connectivity index (χ0v) is 12.8. The molecule has 23 heavy (non-hydrogen) atoms. The van der Waals surface area contributed by atoms with Gasteiger partial charge in [0, 0.05) is 22.2 Å². The summed E-state index contributed by atoms with van der Waals surface area (Å²) in [6.07, 6.45) is 1.48. The van der Waals surface area contributed by atoms with Crippen molar-refractivity contribution >= 4 is 23.0 Å². The van der Waals surface area contributed by atoms with Crippen molar-refractivity contribution in [2.75, 3.05) is 0 Å². The molecule has 0 bridgehead atoms. The Kier molecular flexibility index (Phi) is 4.34. The molecular weight excluding hydrogens is 315 g/mol. The number of aromatic nitrogens is 1. The molecule has 6 heteroatoms. The second-order valence-corrected chi connectivity index (χ2v) is 5.93. The Labute approximate surface area is 136 Å². The van der Waals surface area contributed by atoms with E-state index in [1.807, 2.05) is 17.5 Å². The lowest BCUT2D eigenvalue weighted by atomic mass is 10.1. The first kappa shape index (κ1) is 15.2. The van der Waals surface area contributed by atoms with E-state index in [4.69, 9.17) is 0 Å². The Morgan fingerprint density at radius 1 is 1.13 bits per heavy atom. The normalized spacial score (nSPS) is 10.5. The van der Waals surface area contributed by atoms with Gasteiger partial charge in [0.1, 0.15) is 11.5 Å². The quantitative estimate of drug-likeness (QED) is 0.705. The van der Waals surface area contributed by atoms with Crippen LogP contribution < -0.4 is 5.32 Å². The summed E-state index contributed by atoms with van der Waals surface area (Å²) in [6.45, 7) is 0.441. The standard InChI is InChI=1S/C17H13FN2O2S/c18-13-5-3-11(4-6-13)16(21)12-8-15(19-9-12)17(22)20-10-14-2-1-7-23-14/h1-9,19H,10H2,(H,20,22). The van der Waals surface area contributed by atoms with Crippen LogP contribution in [0.15, 0.2) is 54.0 Å². The Morgan fingerprint density at radius 2 is 1.91 bits per heavy atom. The average molecular weight is 328 g/mol. The highest BCUT2D eigenvalue weighted by Crippen LogP contribution is 2.13. The van der Waals surface area contributed by atoms with Crippen molar-refractivity contribution in [2.45, 2.75) is 6.54 Å². The predicted octanol–water partition coefficient (Wildman–Crippen LogP) is 3.38. The SMILES string of the molecule is O=C(c1ccc(F)cc1)c1c[nH]c(C(=O)NCc2cccs2)c1. The van der Waals surface area contributed by atoms with Crippen molar-refractivity contribution in [2.24, 2.45) is 0 Å². The molecule has 0 unspecified atom stereocenters. The summed E-state index contributed by atoms with van der Waals surface area (Å²) >= 11 is 1.56. The number of carbonyl (C=O) groups excluding carboxylic acids is 2. The van der Waals surface area contributed by atoms with E-state index in [-0.39, 0.29) is 11.7 Å². The van der Waals surface area contributed by atoms with Crippen LogP contribution in [0.1, 0.15) is 31.3 Å². The fourth-order valence-electron chi connectivity index (χ4n) is 2.10. The molecular formula is C17H13FN2O2S. The third-order valence-electron chi connectivity index (χ3n) is 3.30. The first-order valence-electron chi connectivity index (χ1n) is 6.93. The average Bonchev–Trinajstić information content (AvgIpc) is 3.24. The second-order valence-electron chi connectivity index (χ2n) is 4.90. The summed E-state index contributed by atoms with van der Waals surface area (Å²) in [5.41, 5.74) is 1.04. The van der Waals surface area contributed by atoms with E-state index < -0.39 is 5.82 Å². The number of hydrogen-bond donors (Lipinski definition) is 2. The van der Waals surface area contributed by atoms with Gasteiger partial charge in [-0.3, -0.25) is 9.59 Å². The first-order chi connectivity index (χ1) is 11.1. The third-order valence-corrected chi connectivity index (χ3v) is 4.18. The number of benzene rings is 1. The number of rotatable bonds is 5. The zero-order chi connectivity index (χ0) is 16.2. The van der Waals surface area contributed by atoms with Crippen LogP contribution in [0, 0.1) is 5.82 Å². The molecule has 2 aromatic heterocycles. The van der Waals surface area contributed by atoms with Gasteiger partial charge in [0.2, 0.25) is 0 Å². The maximum Gasteiger partial charge on any atom is 0.268 e. The third kappa shape index (κ3) is 3.54. The molecule has 0 atom stereocenters. The van der Waals surface area contributed by atoms with Crippen LogP contribution in [0.2, 0.25) is 0 Å². The highest BCUT2D eigenvalue weighted by atomic mass is 32.1. The van der Waals surface area contributed by atoms with Crippen LogP contribution in [0.5, 0.6) is 0 Å². The van der Waals surface area contributed by atoms with E-state index in [1.54, 1.807) is 11.3 Å². The molecule has 2 N–H and O–H groups in total. The lowest BCUT2D eigenvalue weighted by Crippen LogP contribution is -2.22.